The minimum atomic E-state index is 0.596. The molecule has 2 heteroatoms. The van der Waals surface area contributed by atoms with Gasteiger partial charge in [0.15, 0.2) is 0 Å². The van der Waals surface area contributed by atoms with Crippen LogP contribution < -0.4 is 5.32 Å². The first-order valence-electron chi connectivity index (χ1n) is 5.80. The number of aromatic nitrogens is 1. The fourth-order valence-corrected chi connectivity index (χ4v) is 1.54. The molecule has 0 aliphatic rings. The van der Waals surface area contributed by atoms with Gasteiger partial charge < -0.3 is 5.32 Å². The quantitative estimate of drug-likeness (QED) is 0.724. The molecule has 0 saturated carbocycles. The van der Waals surface area contributed by atoms with Gasteiger partial charge in [0.25, 0.3) is 0 Å². The molecule has 0 spiro atoms. The van der Waals surface area contributed by atoms with E-state index < -0.39 is 0 Å². The summed E-state index contributed by atoms with van der Waals surface area (Å²) in [6, 6.07) is 4.16. The number of nitrogens with one attached hydrogen (secondary N) is 1. The molecule has 1 rings (SSSR count). The molecule has 84 valence electrons. The summed E-state index contributed by atoms with van der Waals surface area (Å²) in [5.41, 5.74) is 1.34. The van der Waals surface area contributed by atoms with E-state index in [0.29, 0.717) is 5.92 Å². The van der Waals surface area contributed by atoms with E-state index in [4.69, 9.17) is 0 Å². The highest BCUT2D eigenvalue weighted by Gasteiger charge is 2.04. The van der Waals surface area contributed by atoms with Crippen molar-refractivity contribution < 1.29 is 0 Å². The van der Waals surface area contributed by atoms with Crippen LogP contribution >= 0.6 is 0 Å². The minimum Gasteiger partial charge on any atom is -0.316 e. The number of pyridine rings is 1. The standard InChI is InChI=1S/C13H22N2/c1-11(2)9-15-8-6-12(3)13-5-4-7-14-10-13/h4-5,7,10-12,15H,6,8-9H2,1-3H3. The van der Waals surface area contributed by atoms with Crippen molar-refractivity contribution >= 4 is 0 Å². The molecule has 0 bridgehead atoms. The van der Waals surface area contributed by atoms with Crippen molar-refractivity contribution in [2.75, 3.05) is 13.1 Å². The van der Waals surface area contributed by atoms with Gasteiger partial charge in [-0.05, 0) is 43.0 Å². The fourth-order valence-electron chi connectivity index (χ4n) is 1.54. The van der Waals surface area contributed by atoms with E-state index in [1.165, 1.54) is 12.0 Å². The summed E-state index contributed by atoms with van der Waals surface area (Å²) >= 11 is 0. The van der Waals surface area contributed by atoms with E-state index in [2.05, 4.69) is 37.1 Å². The fraction of sp³-hybridized carbons (Fsp3) is 0.615. The van der Waals surface area contributed by atoms with Gasteiger partial charge in [-0.15, -0.1) is 0 Å². The van der Waals surface area contributed by atoms with Crippen LogP contribution in [0.15, 0.2) is 24.5 Å². The molecule has 0 radical (unpaired) electrons. The average Bonchev–Trinajstić information content (AvgIpc) is 2.25. The van der Waals surface area contributed by atoms with Gasteiger partial charge in [0.05, 0.1) is 0 Å². The minimum absolute atomic E-state index is 0.596. The number of hydrogen-bond acceptors (Lipinski definition) is 2. The first kappa shape index (κ1) is 12.2. The summed E-state index contributed by atoms with van der Waals surface area (Å²) in [4.78, 5) is 4.14. The molecule has 1 heterocycles. The second-order valence-corrected chi connectivity index (χ2v) is 4.57. The zero-order chi connectivity index (χ0) is 11.1. The molecular weight excluding hydrogens is 184 g/mol. The smallest absolute Gasteiger partial charge is 0.0302 e. The van der Waals surface area contributed by atoms with Gasteiger partial charge in [-0.25, -0.2) is 0 Å². The Morgan fingerprint density at radius 2 is 2.13 bits per heavy atom. The molecule has 0 fully saturated rings. The maximum Gasteiger partial charge on any atom is 0.0302 e. The van der Waals surface area contributed by atoms with Crippen LogP contribution in [0.4, 0.5) is 0 Å². The van der Waals surface area contributed by atoms with E-state index >= 15 is 0 Å². The molecule has 0 amide bonds. The molecule has 1 N–H and O–H groups in total. The highest BCUT2D eigenvalue weighted by molar-refractivity contribution is 5.13. The monoisotopic (exact) mass is 206 g/mol. The molecule has 1 unspecified atom stereocenters. The zero-order valence-corrected chi connectivity index (χ0v) is 10.0. The van der Waals surface area contributed by atoms with Crippen molar-refractivity contribution in [2.45, 2.75) is 33.1 Å². The Labute approximate surface area is 93.1 Å². The molecule has 0 aliphatic heterocycles. The van der Waals surface area contributed by atoms with Crippen molar-refractivity contribution in [1.29, 1.82) is 0 Å². The Morgan fingerprint density at radius 1 is 1.33 bits per heavy atom. The molecule has 0 aliphatic carbocycles. The lowest BCUT2D eigenvalue weighted by Crippen LogP contribution is -2.21. The van der Waals surface area contributed by atoms with Gasteiger partial charge >= 0.3 is 0 Å². The largest absolute Gasteiger partial charge is 0.316 e. The Bertz CT molecular complexity index is 256. The molecule has 1 atom stereocenters. The maximum atomic E-state index is 4.14. The SMILES string of the molecule is CC(C)CNCCC(C)c1cccnc1. The third-order valence-corrected chi connectivity index (χ3v) is 2.56. The van der Waals surface area contributed by atoms with Gasteiger partial charge in [-0.1, -0.05) is 26.8 Å². The van der Waals surface area contributed by atoms with Crippen LogP contribution in [0.2, 0.25) is 0 Å². The summed E-state index contributed by atoms with van der Waals surface area (Å²) in [7, 11) is 0. The lowest BCUT2D eigenvalue weighted by Gasteiger charge is -2.12. The second-order valence-electron chi connectivity index (χ2n) is 4.57. The first-order chi connectivity index (χ1) is 7.20. The predicted octanol–water partition coefficient (Wildman–Crippen LogP) is 2.82. The maximum absolute atomic E-state index is 4.14. The second kappa shape index (κ2) is 6.57. The van der Waals surface area contributed by atoms with Crippen molar-refractivity contribution in [2.24, 2.45) is 5.92 Å². The summed E-state index contributed by atoms with van der Waals surface area (Å²) in [5, 5.41) is 3.47. The van der Waals surface area contributed by atoms with E-state index in [-0.39, 0.29) is 0 Å². The number of nitrogens with zero attached hydrogens (tertiary/aromatic N) is 1. The van der Waals surface area contributed by atoms with E-state index in [9.17, 15) is 0 Å². The third kappa shape index (κ3) is 4.93. The highest BCUT2D eigenvalue weighted by atomic mass is 14.8. The lowest BCUT2D eigenvalue weighted by molar-refractivity contribution is 0.524. The van der Waals surface area contributed by atoms with Crippen LogP contribution in [0.25, 0.3) is 0 Å². The lowest BCUT2D eigenvalue weighted by atomic mass is 10.00. The van der Waals surface area contributed by atoms with Crippen LogP contribution in [-0.2, 0) is 0 Å². The summed E-state index contributed by atoms with van der Waals surface area (Å²) in [6.07, 6.45) is 4.97. The summed E-state index contributed by atoms with van der Waals surface area (Å²) in [5.74, 6) is 1.33. The van der Waals surface area contributed by atoms with Crippen LogP contribution in [-0.4, -0.2) is 18.1 Å². The van der Waals surface area contributed by atoms with Crippen molar-refractivity contribution in [3.63, 3.8) is 0 Å². The zero-order valence-electron chi connectivity index (χ0n) is 10.0. The Morgan fingerprint density at radius 3 is 2.73 bits per heavy atom. The van der Waals surface area contributed by atoms with Crippen molar-refractivity contribution in [1.82, 2.24) is 10.3 Å². The summed E-state index contributed by atoms with van der Waals surface area (Å²) < 4.78 is 0. The van der Waals surface area contributed by atoms with Gasteiger partial charge in [0.1, 0.15) is 0 Å². The van der Waals surface area contributed by atoms with Crippen LogP contribution in [0, 0.1) is 5.92 Å². The van der Waals surface area contributed by atoms with Crippen molar-refractivity contribution in [3.8, 4) is 0 Å². The molecule has 2 nitrogen and oxygen atoms in total. The molecule has 1 aromatic rings. The van der Waals surface area contributed by atoms with Crippen LogP contribution in [0.3, 0.4) is 0 Å². The van der Waals surface area contributed by atoms with E-state index in [1.54, 1.807) is 0 Å². The van der Waals surface area contributed by atoms with Gasteiger partial charge in [0, 0.05) is 12.4 Å². The Balaban J connectivity index is 2.22. The van der Waals surface area contributed by atoms with Gasteiger partial charge in [-0.3, -0.25) is 4.98 Å². The first-order valence-corrected chi connectivity index (χ1v) is 5.80. The van der Waals surface area contributed by atoms with E-state index in [0.717, 1.165) is 19.0 Å². The van der Waals surface area contributed by atoms with Crippen LogP contribution in [0.1, 0.15) is 38.7 Å². The van der Waals surface area contributed by atoms with Gasteiger partial charge in [0.2, 0.25) is 0 Å². The Kier molecular flexibility index (Phi) is 5.33. The van der Waals surface area contributed by atoms with Gasteiger partial charge in [-0.2, -0.15) is 0 Å². The molecule has 0 aromatic carbocycles. The van der Waals surface area contributed by atoms with Crippen molar-refractivity contribution in [3.05, 3.63) is 30.1 Å². The normalized spacial score (nSPS) is 13.1. The topological polar surface area (TPSA) is 24.9 Å². The highest BCUT2D eigenvalue weighted by Crippen LogP contribution is 2.16. The number of hydrogen-bond donors (Lipinski definition) is 1. The van der Waals surface area contributed by atoms with E-state index in [1.807, 2.05) is 18.5 Å². The third-order valence-electron chi connectivity index (χ3n) is 2.56. The molecule has 0 saturated heterocycles. The number of rotatable bonds is 6. The predicted molar refractivity (Wildman–Crippen MR) is 65.0 cm³/mol. The molecule has 1 aromatic heterocycles. The molecular formula is C13H22N2. The molecule has 15 heavy (non-hydrogen) atoms. The summed E-state index contributed by atoms with van der Waals surface area (Å²) in [6.45, 7) is 8.93. The van der Waals surface area contributed by atoms with Crippen LogP contribution in [0.5, 0.6) is 0 Å². The Hall–Kier alpha value is -0.890. The average molecular weight is 206 g/mol.